The summed E-state index contributed by atoms with van der Waals surface area (Å²) in [6.07, 6.45) is -0.120. The minimum atomic E-state index is -0.843. The van der Waals surface area contributed by atoms with Crippen LogP contribution in [0.4, 0.5) is 4.79 Å². The predicted octanol–water partition coefficient (Wildman–Crippen LogP) is 1.90. The Bertz CT molecular complexity index is 878. The molecule has 3 N–H and O–H groups in total. The summed E-state index contributed by atoms with van der Waals surface area (Å²) in [5, 5.41) is 9.28. The van der Waals surface area contributed by atoms with Gasteiger partial charge in [0.05, 0.1) is 0 Å². The van der Waals surface area contributed by atoms with Crippen molar-refractivity contribution in [1.82, 2.24) is 20.9 Å². The highest BCUT2D eigenvalue weighted by Gasteiger charge is 2.41. The maximum Gasteiger partial charge on any atom is 0.415 e. The number of nitrogens with one attached hydrogen (secondary N) is 3. The molecular weight excluding hydrogens is 456 g/mol. The summed E-state index contributed by atoms with van der Waals surface area (Å²) >= 11 is 1.67. The van der Waals surface area contributed by atoms with Gasteiger partial charge in [0.1, 0.15) is 23.4 Å². The van der Waals surface area contributed by atoms with E-state index < -0.39 is 23.7 Å². The van der Waals surface area contributed by atoms with Gasteiger partial charge >= 0.3 is 12.1 Å². The second-order valence-corrected chi connectivity index (χ2v) is 11.7. The van der Waals surface area contributed by atoms with E-state index in [1.807, 2.05) is 13.8 Å². The summed E-state index contributed by atoms with van der Waals surface area (Å²) in [5.41, 5.74) is 0.133. The van der Waals surface area contributed by atoms with Gasteiger partial charge in [-0.1, -0.05) is 12.1 Å². The molecule has 0 aromatic heterocycles. The maximum atomic E-state index is 13.0. The molecule has 3 rings (SSSR count). The van der Waals surface area contributed by atoms with E-state index in [9.17, 15) is 14.4 Å². The Hall–Kier alpha value is -2.30. The molecule has 188 valence electrons. The number of carbonyl (C=O) groups excluding carboxylic acids is 3. The third-order valence-electron chi connectivity index (χ3n) is 5.64. The van der Waals surface area contributed by atoms with Crippen LogP contribution in [-0.4, -0.2) is 77.4 Å². The van der Waals surface area contributed by atoms with Gasteiger partial charge < -0.3 is 25.0 Å². The maximum absolute atomic E-state index is 13.0. The van der Waals surface area contributed by atoms with E-state index >= 15 is 0 Å². The van der Waals surface area contributed by atoms with Crippen molar-refractivity contribution >= 4 is 29.7 Å². The number of benzene rings is 1. The van der Waals surface area contributed by atoms with Crippen LogP contribution in [0.1, 0.15) is 40.2 Å². The smallest absolute Gasteiger partial charge is 0.415 e. The zero-order chi connectivity index (χ0) is 24.9. The first kappa shape index (κ1) is 26.3. The summed E-state index contributed by atoms with van der Waals surface area (Å²) in [6.45, 7) is 12.1. The Morgan fingerprint density at radius 1 is 1.18 bits per heavy atom. The fourth-order valence-electron chi connectivity index (χ4n) is 3.81. The third-order valence-corrected chi connectivity index (χ3v) is 6.93. The van der Waals surface area contributed by atoms with Crippen LogP contribution in [0.15, 0.2) is 24.3 Å². The first-order valence-corrected chi connectivity index (χ1v) is 12.6. The number of piperazine rings is 1. The van der Waals surface area contributed by atoms with Crippen LogP contribution < -0.4 is 20.7 Å². The lowest BCUT2D eigenvalue weighted by Crippen LogP contribution is -2.55. The van der Waals surface area contributed by atoms with Gasteiger partial charge in [0.15, 0.2) is 0 Å². The van der Waals surface area contributed by atoms with E-state index in [0.717, 1.165) is 18.7 Å². The zero-order valence-corrected chi connectivity index (χ0v) is 21.4. The first-order chi connectivity index (χ1) is 15.9. The fourth-order valence-corrected chi connectivity index (χ4v) is 4.79. The number of carbonyl (C=O) groups is 3. The Morgan fingerprint density at radius 3 is 2.38 bits per heavy atom. The molecule has 2 fully saturated rings. The molecule has 0 radical (unpaired) electrons. The number of amides is 2. The van der Waals surface area contributed by atoms with E-state index in [0.29, 0.717) is 24.7 Å². The molecule has 0 spiro atoms. The van der Waals surface area contributed by atoms with Gasteiger partial charge in [-0.25, -0.2) is 9.59 Å². The molecule has 10 heteroatoms. The van der Waals surface area contributed by atoms with Crippen LogP contribution in [0.2, 0.25) is 0 Å². The summed E-state index contributed by atoms with van der Waals surface area (Å²) in [5.74, 6) is 0.390. The molecule has 2 atom stereocenters. The largest absolute Gasteiger partial charge is 0.458 e. The van der Waals surface area contributed by atoms with Crippen molar-refractivity contribution in [1.29, 1.82) is 0 Å². The molecule has 9 nitrogen and oxygen atoms in total. The second-order valence-electron chi connectivity index (χ2n) is 10.1. The van der Waals surface area contributed by atoms with Gasteiger partial charge in [-0.05, 0) is 52.3 Å². The normalized spacial score (nSPS) is 21.0. The van der Waals surface area contributed by atoms with E-state index in [1.165, 1.54) is 0 Å². The lowest BCUT2D eigenvalue weighted by molar-refractivity contribution is -0.158. The number of ether oxygens (including phenoxy) is 2. The minimum absolute atomic E-state index is 0.229. The van der Waals surface area contributed by atoms with Crippen LogP contribution in [0, 0.1) is 0 Å². The lowest BCUT2D eigenvalue weighted by atomic mass is 10.0. The second kappa shape index (κ2) is 11.0. The molecule has 2 saturated heterocycles. The number of rotatable bonds is 6. The molecule has 1 unspecified atom stereocenters. The van der Waals surface area contributed by atoms with Crippen LogP contribution in [0.5, 0.6) is 5.75 Å². The topological polar surface area (TPSA) is 109 Å². The molecular formula is C24H36N4O5S. The van der Waals surface area contributed by atoms with Crippen molar-refractivity contribution in [2.75, 3.05) is 32.1 Å². The third kappa shape index (κ3) is 7.35. The highest BCUT2D eigenvalue weighted by molar-refractivity contribution is 8.00. The van der Waals surface area contributed by atoms with Crippen molar-refractivity contribution in [2.24, 2.45) is 0 Å². The predicted molar refractivity (Wildman–Crippen MR) is 132 cm³/mol. The average molecular weight is 493 g/mol. The first-order valence-electron chi connectivity index (χ1n) is 11.6. The van der Waals surface area contributed by atoms with Crippen LogP contribution in [0.3, 0.4) is 0 Å². The average Bonchev–Trinajstić information content (AvgIpc) is 3.13. The van der Waals surface area contributed by atoms with Gasteiger partial charge in [-0.15, -0.1) is 11.8 Å². The van der Waals surface area contributed by atoms with Gasteiger partial charge in [0, 0.05) is 43.2 Å². The monoisotopic (exact) mass is 492 g/mol. The van der Waals surface area contributed by atoms with Crippen molar-refractivity contribution in [3.63, 3.8) is 0 Å². The van der Waals surface area contributed by atoms with Crippen molar-refractivity contribution in [3.8, 4) is 5.75 Å². The molecule has 0 aliphatic carbocycles. The van der Waals surface area contributed by atoms with Gasteiger partial charge in [0.2, 0.25) is 5.91 Å². The molecule has 34 heavy (non-hydrogen) atoms. The van der Waals surface area contributed by atoms with Crippen LogP contribution >= 0.6 is 11.8 Å². The molecule has 1 aromatic carbocycles. The van der Waals surface area contributed by atoms with Crippen molar-refractivity contribution in [2.45, 2.75) is 63.5 Å². The SMILES string of the molecule is CC(C)(C)OC(=O)[C@H](Cc1ccc(OC(=O)N2CCNCC2)cc1)NC(=O)C1NCSC1(C)C. The van der Waals surface area contributed by atoms with Crippen molar-refractivity contribution in [3.05, 3.63) is 29.8 Å². The molecule has 0 bridgehead atoms. The Balaban J connectivity index is 1.66. The van der Waals surface area contributed by atoms with Gasteiger partial charge in [-0.3, -0.25) is 10.1 Å². The number of hydrogen-bond acceptors (Lipinski definition) is 8. The molecule has 0 saturated carbocycles. The summed E-state index contributed by atoms with van der Waals surface area (Å²) in [6, 6.07) is 5.72. The Morgan fingerprint density at radius 2 is 1.82 bits per heavy atom. The van der Waals surface area contributed by atoms with E-state index in [1.54, 1.807) is 61.7 Å². The van der Waals surface area contributed by atoms with Crippen LogP contribution in [0.25, 0.3) is 0 Å². The quantitative estimate of drug-likeness (QED) is 0.517. The van der Waals surface area contributed by atoms with Gasteiger partial charge in [0.25, 0.3) is 0 Å². The zero-order valence-electron chi connectivity index (χ0n) is 20.6. The Kier molecular flexibility index (Phi) is 8.48. The summed E-state index contributed by atoms with van der Waals surface area (Å²) in [4.78, 5) is 39.9. The van der Waals surface area contributed by atoms with E-state index in [2.05, 4.69) is 16.0 Å². The molecule has 2 amide bonds. The number of nitrogens with zero attached hydrogens (tertiary/aromatic N) is 1. The number of esters is 1. The van der Waals surface area contributed by atoms with Crippen molar-refractivity contribution < 1.29 is 23.9 Å². The molecule has 2 aliphatic rings. The van der Waals surface area contributed by atoms with E-state index in [4.69, 9.17) is 9.47 Å². The summed E-state index contributed by atoms with van der Waals surface area (Å²) < 4.78 is 10.8. The van der Waals surface area contributed by atoms with E-state index in [-0.39, 0.29) is 23.2 Å². The van der Waals surface area contributed by atoms with Gasteiger partial charge in [-0.2, -0.15) is 0 Å². The highest BCUT2D eigenvalue weighted by Crippen LogP contribution is 2.33. The number of hydrogen-bond donors (Lipinski definition) is 3. The lowest BCUT2D eigenvalue weighted by Gasteiger charge is -2.28. The van der Waals surface area contributed by atoms with Crippen LogP contribution in [-0.2, 0) is 20.7 Å². The number of thioether (sulfide) groups is 1. The highest BCUT2D eigenvalue weighted by atomic mass is 32.2. The fraction of sp³-hybridized carbons (Fsp3) is 0.625. The molecule has 2 heterocycles. The molecule has 1 aromatic rings. The molecule has 2 aliphatic heterocycles. The minimum Gasteiger partial charge on any atom is -0.458 e. The Labute approximate surface area is 205 Å². The standard InChI is InChI=1S/C24H36N4O5S/c1-23(2,3)33-21(30)18(27-20(29)19-24(4,5)34-15-26-19)14-16-6-8-17(9-7-16)32-22(31)28-12-10-25-11-13-28/h6-9,18-19,25-26H,10-15H2,1-5H3,(H,27,29)/t18-,19?/m0/s1. The summed E-state index contributed by atoms with van der Waals surface area (Å²) in [7, 11) is 0.